The summed E-state index contributed by atoms with van der Waals surface area (Å²) in [6.45, 7) is 0.386. The lowest BCUT2D eigenvalue weighted by Gasteiger charge is -2.14. The second-order valence-electron chi connectivity index (χ2n) is 4.97. The van der Waals surface area contributed by atoms with Crippen molar-refractivity contribution in [1.82, 2.24) is 15.1 Å². The van der Waals surface area contributed by atoms with E-state index in [1.54, 1.807) is 48.5 Å². The number of hydrogen-bond donors (Lipinski definition) is 0. The Morgan fingerprint density at radius 3 is 2.83 bits per heavy atom. The molecule has 8 heteroatoms. The Kier molecular flexibility index (Phi) is 4.95. The molecule has 0 atom stereocenters. The fourth-order valence-electron chi connectivity index (χ4n) is 1.97. The third-order valence-corrected chi connectivity index (χ3v) is 4.03. The number of amides is 1. The van der Waals surface area contributed by atoms with Crippen molar-refractivity contribution in [2.45, 2.75) is 11.8 Å². The predicted molar refractivity (Wildman–Crippen MR) is 85.6 cm³/mol. The number of rotatable bonds is 6. The van der Waals surface area contributed by atoms with E-state index in [0.717, 1.165) is 11.8 Å². The van der Waals surface area contributed by atoms with E-state index in [4.69, 9.17) is 8.83 Å². The van der Waals surface area contributed by atoms with E-state index in [0.29, 0.717) is 12.3 Å². The molecule has 0 radical (unpaired) electrons. The van der Waals surface area contributed by atoms with Gasteiger partial charge in [0.25, 0.3) is 11.1 Å². The van der Waals surface area contributed by atoms with E-state index in [1.807, 2.05) is 0 Å². The van der Waals surface area contributed by atoms with Gasteiger partial charge in [0, 0.05) is 7.05 Å². The lowest BCUT2D eigenvalue weighted by molar-refractivity contribution is -0.127. The number of carbonyl (C=O) groups is 1. The summed E-state index contributed by atoms with van der Waals surface area (Å²) in [6, 6.07) is 9.71. The van der Waals surface area contributed by atoms with E-state index < -0.39 is 5.82 Å². The summed E-state index contributed by atoms with van der Waals surface area (Å²) in [4.78, 5) is 13.6. The van der Waals surface area contributed by atoms with Crippen LogP contribution in [0.1, 0.15) is 5.76 Å². The maximum absolute atomic E-state index is 13.7. The van der Waals surface area contributed by atoms with Crippen LogP contribution < -0.4 is 0 Å². The lowest BCUT2D eigenvalue weighted by Crippen LogP contribution is -2.27. The van der Waals surface area contributed by atoms with Crippen LogP contribution in [0.3, 0.4) is 0 Å². The number of halogens is 1. The number of furan rings is 1. The van der Waals surface area contributed by atoms with Crippen LogP contribution in [0.25, 0.3) is 11.5 Å². The minimum Gasteiger partial charge on any atom is -0.467 e. The lowest BCUT2D eigenvalue weighted by atomic mass is 10.2. The van der Waals surface area contributed by atoms with Crippen LogP contribution in [-0.4, -0.2) is 33.8 Å². The van der Waals surface area contributed by atoms with Crippen molar-refractivity contribution in [3.63, 3.8) is 0 Å². The monoisotopic (exact) mass is 347 g/mol. The molecule has 0 bridgehead atoms. The fraction of sp³-hybridized carbons (Fsp3) is 0.188. The van der Waals surface area contributed by atoms with Crippen LogP contribution in [0.5, 0.6) is 0 Å². The van der Waals surface area contributed by atoms with E-state index >= 15 is 0 Å². The Morgan fingerprint density at radius 2 is 2.08 bits per heavy atom. The quantitative estimate of drug-likeness (QED) is 0.638. The fourth-order valence-corrected chi connectivity index (χ4v) is 2.67. The molecule has 2 heterocycles. The van der Waals surface area contributed by atoms with Gasteiger partial charge in [-0.25, -0.2) is 4.39 Å². The topological polar surface area (TPSA) is 72.4 Å². The van der Waals surface area contributed by atoms with Gasteiger partial charge in [0.2, 0.25) is 5.91 Å². The molecule has 0 N–H and O–H groups in total. The van der Waals surface area contributed by atoms with Gasteiger partial charge in [-0.2, -0.15) is 0 Å². The Hall–Kier alpha value is -2.61. The van der Waals surface area contributed by atoms with Crippen molar-refractivity contribution in [1.29, 1.82) is 0 Å². The summed E-state index contributed by atoms with van der Waals surface area (Å²) >= 11 is 1.11. The molecule has 0 saturated carbocycles. The van der Waals surface area contributed by atoms with Crippen molar-refractivity contribution in [3.05, 3.63) is 54.2 Å². The van der Waals surface area contributed by atoms with Gasteiger partial charge < -0.3 is 13.7 Å². The molecule has 1 amide bonds. The highest BCUT2D eigenvalue weighted by molar-refractivity contribution is 7.99. The van der Waals surface area contributed by atoms with E-state index in [2.05, 4.69) is 10.2 Å². The largest absolute Gasteiger partial charge is 0.467 e. The van der Waals surface area contributed by atoms with Gasteiger partial charge in [-0.15, -0.1) is 10.2 Å². The Bertz CT molecular complexity index is 820. The van der Waals surface area contributed by atoms with Crippen molar-refractivity contribution in [2.75, 3.05) is 12.8 Å². The van der Waals surface area contributed by atoms with Crippen molar-refractivity contribution >= 4 is 17.7 Å². The first-order valence-corrected chi connectivity index (χ1v) is 8.09. The Morgan fingerprint density at radius 1 is 1.25 bits per heavy atom. The number of thioether (sulfide) groups is 1. The van der Waals surface area contributed by atoms with E-state index in [-0.39, 0.29) is 28.3 Å². The third-order valence-electron chi connectivity index (χ3n) is 3.23. The SMILES string of the molecule is CN(Cc1ccco1)C(=O)CSc1nnc(-c2ccccc2F)o1. The van der Waals surface area contributed by atoms with Crippen LogP contribution in [-0.2, 0) is 11.3 Å². The summed E-state index contributed by atoms with van der Waals surface area (Å²) in [5.74, 6) is 0.382. The number of carbonyl (C=O) groups excluding carboxylic acids is 1. The smallest absolute Gasteiger partial charge is 0.277 e. The van der Waals surface area contributed by atoms with Gasteiger partial charge in [0.1, 0.15) is 11.6 Å². The number of nitrogens with zero attached hydrogens (tertiary/aromatic N) is 3. The van der Waals surface area contributed by atoms with Crippen molar-refractivity contribution in [2.24, 2.45) is 0 Å². The molecule has 0 spiro atoms. The van der Waals surface area contributed by atoms with Crippen LogP contribution >= 0.6 is 11.8 Å². The average molecular weight is 347 g/mol. The minimum absolute atomic E-state index is 0.0898. The first-order valence-electron chi connectivity index (χ1n) is 7.11. The van der Waals surface area contributed by atoms with Crippen LogP contribution in [0, 0.1) is 5.82 Å². The molecule has 0 fully saturated rings. The second kappa shape index (κ2) is 7.31. The second-order valence-corrected chi connectivity index (χ2v) is 5.90. The number of hydrogen-bond acceptors (Lipinski definition) is 6. The first kappa shape index (κ1) is 16.3. The molecule has 0 aliphatic carbocycles. The minimum atomic E-state index is -0.438. The molecule has 3 rings (SSSR count). The number of benzene rings is 1. The number of aromatic nitrogens is 2. The highest BCUT2D eigenvalue weighted by Crippen LogP contribution is 2.25. The normalized spacial score (nSPS) is 10.8. The molecular weight excluding hydrogens is 333 g/mol. The maximum Gasteiger partial charge on any atom is 0.277 e. The first-order chi connectivity index (χ1) is 11.6. The molecule has 1 aromatic carbocycles. The molecule has 2 aromatic heterocycles. The zero-order valence-corrected chi connectivity index (χ0v) is 13.6. The molecule has 0 aliphatic rings. The zero-order valence-electron chi connectivity index (χ0n) is 12.8. The van der Waals surface area contributed by atoms with E-state index in [1.165, 1.54) is 6.07 Å². The summed E-state index contributed by atoms with van der Waals surface area (Å²) in [7, 11) is 1.68. The molecule has 3 aromatic rings. The summed E-state index contributed by atoms with van der Waals surface area (Å²) in [5.41, 5.74) is 0.234. The average Bonchev–Trinajstić information content (AvgIpc) is 3.24. The van der Waals surface area contributed by atoms with Gasteiger partial charge in [0.05, 0.1) is 24.1 Å². The zero-order chi connectivity index (χ0) is 16.9. The highest BCUT2D eigenvalue weighted by atomic mass is 32.2. The van der Waals surface area contributed by atoms with Crippen LogP contribution in [0.15, 0.2) is 56.7 Å². The molecule has 0 aliphatic heterocycles. The van der Waals surface area contributed by atoms with Crippen molar-refractivity contribution < 1.29 is 18.0 Å². The van der Waals surface area contributed by atoms with E-state index in [9.17, 15) is 9.18 Å². The van der Waals surface area contributed by atoms with Gasteiger partial charge in [-0.3, -0.25) is 4.79 Å². The highest BCUT2D eigenvalue weighted by Gasteiger charge is 2.16. The maximum atomic E-state index is 13.7. The summed E-state index contributed by atoms with van der Waals surface area (Å²) in [6.07, 6.45) is 1.56. The molecule has 0 saturated heterocycles. The van der Waals surface area contributed by atoms with Crippen LogP contribution in [0.4, 0.5) is 4.39 Å². The molecule has 0 unspecified atom stereocenters. The third kappa shape index (κ3) is 3.83. The van der Waals surface area contributed by atoms with Crippen LogP contribution in [0.2, 0.25) is 0 Å². The van der Waals surface area contributed by atoms with Gasteiger partial charge >= 0.3 is 0 Å². The van der Waals surface area contributed by atoms with Gasteiger partial charge in [-0.05, 0) is 24.3 Å². The van der Waals surface area contributed by atoms with Gasteiger partial charge in [0.15, 0.2) is 0 Å². The standard InChI is InChI=1S/C16H14FN3O3S/c1-20(9-11-5-4-8-22-11)14(21)10-24-16-19-18-15(23-16)12-6-2-3-7-13(12)17/h2-8H,9-10H2,1H3. The Balaban J connectivity index is 1.57. The Labute approximate surface area is 141 Å². The molecular formula is C16H14FN3O3S. The molecule has 24 heavy (non-hydrogen) atoms. The molecule has 124 valence electrons. The summed E-state index contributed by atoms with van der Waals surface area (Å²) in [5, 5.41) is 7.86. The molecule has 6 nitrogen and oxygen atoms in total. The van der Waals surface area contributed by atoms with Gasteiger partial charge in [-0.1, -0.05) is 23.9 Å². The summed E-state index contributed by atoms with van der Waals surface area (Å²) < 4.78 is 24.3. The van der Waals surface area contributed by atoms with Crippen molar-refractivity contribution in [3.8, 4) is 11.5 Å². The predicted octanol–water partition coefficient (Wildman–Crippen LogP) is 3.22.